The van der Waals surface area contributed by atoms with E-state index in [4.69, 9.17) is 0 Å². The van der Waals surface area contributed by atoms with Crippen LogP contribution >= 0.6 is 0 Å². The van der Waals surface area contributed by atoms with Gasteiger partial charge in [-0.25, -0.2) is 14.3 Å². The Morgan fingerprint density at radius 1 is 1.18 bits per heavy atom. The molecule has 0 saturated carbocycles. The van der Waals surface area contributed by atoms with Gasteiger partial charge in [-0.05, 0) is 54.4 Å². The van der Waals surface area contributed by atoms with Gasteiger partial charge in [0.15, 0.2) is 0 Å². The zero-order valence-electron chi connectivity index (χ0n) is 19.9. The van der Waals surface area contributed by atoms with Crippen LogP contribution in [-0.2, 0) is 19.3 Å². The SMILES string of the molecule is CC(C)(C)C1CN(C(=O)c2cc(Cc3n[nH]c(=O)c4c3CCCC4)ccc2F)CCN1C(=O)O. The maximum absolute atomic E-state index is 14.8. The van der Waals surface area contributed by atoms with Crippen molar-refractivity contribution < 1.29 is 19.1 Å². The van der Waals surface area contributed by atoms with E-state index in [0.29, 0.717) is 6.42 Å². The highest BCUT2D eigenvalue weighted by Gasteiger charge is 2.39. The quantitative estimate of drug-likeness (QED) is 0.716. The molecule has 4 rings (SSSR count). The van der Waals surface area contributed by atoms with Crippen LogP contribution in [0.25, 0.3) is 0 Å². The topological polar surface area (TPSA) is 107 Å². The number of aromatic amines is 1. The standard InChI is InChI=1S/C25H31FN4O4/c1-25(2,3)21-14-29(10-11-30(21)24(33)34)23(32)18-12-15(8-9-19(18)26)13-20-16-6-4-5-7-17(16)22(31)28-27-20/h8-9,12,21H,4-7,10-11,13-14H2,1-3H3,(H,28,31)(H,33,34). The number of aromatic nitrogens is 2. The Bertz CT molecular complexity index is 1170. The maximum Gasteiger partial charge on any atom is 0.407 e. The van der Waals surface area contributed by atoms with Gasteiger partial charge in [-0.3, -0.25) is 9.59 Å². The first-order valence-electron chi connectivity index (χ1n) is 11.7. The summed E-state index contributed by atoms with van der Waals surface area (Å²) < 4.78 is 14.8. The summed E-state index contributed by atoms with van der Waals surface area (Å²) in [5.41, 5.74) is 2.65. The largest absolute Gasteiger partial charge is 0.465 e. The lowest BCUT2D eigenvalue weighted by Gasteiger charge is -2.46. The number of piperazine rings is 1. The molecule has 1 unspecified atom stereocenters. The van der Waals surface area contributed by atoms with E-state index in [1.54, 1.807) is 12.1 Å². The molecule has 1 atom stereocenters. The van der Waals surface area contributed by atoms with Crippen LogP contribution in [0.2, 0.25) is 0 Å². The highest BCUT2D eigenvalue weighted by atomic mass is 19.1. The number of hydrogen-bond acceptors (Lipinski definition) is 4. The van der Waals surface area contributed by atoms with Gasteiger partial charge in [0.1, 0.15) is 5.82 Å². The van der Waals surface area contributed by atoms with Crippen LogP contribution in [0.3, 0.4) is 0 Å². The molecule has 1 saturated heterocycles. The van der Waals surface area contributed by atoms with Crippen molar-refractivity contribution in [3.8, 4) is 0 Å². The number of carboxylic acid groups (broad SMARTS) is 1. The Balaban J connectivity index is 1.59. The van der Waals surface area contributed by atoms with Crippen molar-refractivity contribution in [1.29, 1.82) is 0 Å². The van der Waals surface area contributed by atoms with E-state index in [2.05, 4.69) is 10.2 Å². The molecule has 34 heavy (non-hydrogen) atoms. The number of H-pyrrole nitrogens is 1. The van der Waals surface area contributed by atoms with E-state index >= 15 is 0 Å². The van der Waals surface area contributed by atoms with Gasteiger partial charge in [-0.2, -0.15) is 5.10 Å². The molecular weight excluding hydrogens is 439 g/mol. The number of carbonyl (C=O) groups is 2. The molecule has 2 N–H and O–H groups in total. The maximum atomic E-state index is 14.8. The lowest BCUT2D eigenvalue weighted by atomic mass is 9.84. The fraction of sp³-hybridized carbons (Fsp3) is 0.520. The van der Waals surface area contributed by atoms with E-state index in [1.165, 1.54) is 15.9 Å². The number of hydrogen-bond donors (Lipinski definition) is 2. The van der Waals surface area contributed by atoms with Crippen molar-refractivity contribution in [1.82, 2.24) is 20.0 Å². The highest BCUT2D eigenvalue weighted by Crippen LogP contribution is 2.29. The van der Waals surface area contributed by atoms with E-state index in [-0.39, 0.29) is 36.2 Å². The molecule has 0 spiro atoms. The molecule has 0 radical (unpaired) electrons. The van der Waals surface area contributed by atoms with E-state index in [1.807, 2.05) is 20.8 Å². The third-order valence-electron chi connectivity index (χ3n) is 6.93. The second-order valence-electron chi connectivity index (χ2n) is 10.3. The van der Waals surface area contributed by atoms with Crippen LogP contribution in [0.4, 0.5) is 9.18 Å². The third-order valence-corrected chi connectivity index (χ3v) is 6.93. The molecule has 2 aromatic rings. The van der Waals surface area contributed by atoms with Gasteiger partial charge in [0.2, 0.25) is 0 Å². The number of rotatable bonds is 3. The van der Waals surface area contributed by atoms with Crippen LogP contribution < -0.4 is 5.56 Å². The van der Waals surface area contributed by atoms with Crippen molar-refractivity contribution in [3.63, 3.8) is 0 Å². The lowest BCUT2D eigenvalue weighted by molar-refractivity contribution is 0.0196. The van der Waals surface area contributed by atoms with E-state index in [9.17, 15) is 23.9 Å². The average molecular weight is 471 g/mol. The van der Waals surface area contributed by atoms with E-state index in [0.717, 1.165) is 48.1 Å². The molecule has 2 aliphatic rings. The second-order valence-corrected chi connectivity index (χ2v) is 10.3. The molecule has 2 amide bonds. The van der Waals surface area contributed by atoms with Gasteiger partial charge in [0.05, 0.1) is 17.3 Å². The summed E-state index contributed by atoms with van der Waals surface area (Å²) in [6.45, 7) is 6.38. The molecule has 1 fully saturated rings. The summed E-state index contributed by atoms with van der Waals surface area (Å²) in [4.78, 5) is 40.0. The predicted molar refractivity (Wildman–Crippen MR) is 125 cm³/mol. The number of nitrogens with one attached hydrogen (secondary N) is 1. The number of fused-ring (bicyclic) bond motifs is 1. The Kier molecular flexibility index (Phi) is 6.47. The molecule has 2 heterocycles. The summed E-state index contributed by atoms with van der Waals surface area (Å²) >= 11 is 0. The van der Waals surface area contributed by atoms with Gasteiger partial charge >= 0.3 is 6.09 Å². The molecule has 1 aliphatic carbocycles. The lowest BCUT2D eigenvalue weighted by Crippen LogP contribution is -2.60. The summed E-state index contributed by atoms with van der Waals surface area (Å²) in [5, 5.41) is 16.4. The first-order valence-corrected chi connectivity index (χ1v) is 11.7. The Hall–Kier alpha value is -3.23. The first-order chi connectivity index (χ1) is 16.1. The van der Waals surface area contributed by atoms with Gasteiger partial charge in [-0.1, -0.05) is 26.8 Å². The number of halogens is 1. The summed E-state index contributed by atoms with van der Waals surface area (Å²) in [6, 6.07) is 4.07. The highest BCUT2D eigenvalue weighted by molar-refractivity contribution is 5.95. The predicted octanol–water partition coefficient (Wildman–Crippen LogP) is 3.23. The van der Waals surface area contributed by atoms with Gasteiger partial charge in [0, 0.05) is 31.6 Å². The van der Waals surface area contributed by atoms with Crippen molar-refractivity contribution in [2.24, 2.45) is 5.41 Å². The molecule has 9 heteroatoms. The molecule has 8 nitrogen and oxygen atoms in total. The minimum Gasteiger partial charge on any atom is -0.465 e. The van der Waals surface area contributed by atoms with Crippen LogP contribution in [0.1, 0.15) is 66.4 Å². The van der Waals surface area contributed by atoms with Gasteiger partial charge in [-0.15, -0.1) is 0 Å². The Labute approximate surface area is 197 Å². The minimum absolute atomic E-state index is 0.0350. The minimum atomic E-state index is -1.02. The number of benzene rings is 1. The molecule has 1 aliphatic heterocycles. The summed E-state index contributed by atoms with van der Waals surface area (Å²) in [5.74, 6) is -1.06. The average Bonchev–Trinajstić information content (AvgIpc) is 2.80. The van der Waals surface area contributed by atoms with Gasteiger partial charge < -0.3 is 14.9 Å². The second kappa shape index (κ2) is 9.19. The van der Waals surface area contributed by atoms with Crippen LogP contribution in [0, 0.1) is 11.2 Å². The molecule has 182 valence electrons. The summed E-state index contributed by atoms with van der Waals surface area (Å²) in [6.07, 6.45) is 2.85. The number of carbonyl (C=O) groups excluding carboxylic acids is 1. The van der Waals surface area contributed by atoms with Crippen LogP contribution in [0.15, 0.2) is 23.0 Å². The van der Waals surface area contributed by atoms with Crippen molar-refractivity contribution in [2.45, 2.75) is 58.9 Å². The first kappa shape index (κ1) is 23.9. The van der Waals surface area contributed by atoms with E-state index < -0.39 is 23.9 Å². The monoisotopic (exact) mass is 470 g/mol. The number of amides is 2. The van der Waals surface area contributed by atoms with Crippen molar-refractivity contribution in [2.75, 3.05) is 19.6 Å². The molecule has 1 aromatic carbocycles. The number of nitrogens with zero attached hydrogens (tertiary/aromatic N) is 3. The summed E-state index contributed by atoms with van der Waals surface area (Å²) in [7, 11) is 0. The normalized spacial score (nSPS) is 18.5. The molecular formula is C25H31FN4O4. The third kappa shape index (κ3) is 4.69. The zero-order valence-corrected chi connectivity index (χ0v) is 19.9. The Morgan fingerprint density at radius 3 is 2.56 bits per heavy atom. The van der Waals surface area contributed by atoms with Crippen LogP contribution in [0.5, 0.6) is 0 Å². The fourth-order valence-electron chi connectivity index (χ4n) is 5.02. The zero-order chi connectivity index (χ0) is 24.6. The smallest absolute Gasteiger partial charge is 0.407 e. The van der Waals surface area contributed by atoms with Crippen molar-refractivity contribution >= 4 is 12.0 Å². The fourth-order valence-corrected chi connectivity index (χ4v) is 5.02. The molecule has 0 bridgehead atoms. The molecule has 1 aromatic heterocycles. The Morgan fingerprint density at radius 2 is 1.88 bits per heavy atom. The van der Waals surface area contributed by atoms with Crippen molar-refractivity contribution in [3.05, 3.63) is 62.3 Å². The van der Waals surface area contributed by atoms with Crippen LogP contribution in [-0.4, -0.2) is 62.8 Å². The van der Waals surface area contributed by atoms with Gasteiger partial charge in [0.25, 0.3) is 11.5 Å².